The highest BCUT2D eigenvalue weighted by Gasteiger charge is 2.43. The van der Waals surface area contributed by atoms with Crippen LogP contribution in [0.5, 0.6) is 0 Å². The zero-order valence-corrected chi connectivity index (χ0v) is 13.6. The van der Waals surface area contributed by atoms with E-state index in [1.165, 1.54) is 0 Å². The molecule has 4 heteroatoms. The maximum absolute atomic E-state index is 14.8. The van der Waals surface area contributed by atoms with Gasteiger partial charge in [0.25, 0.3) is 0 Å². The van der Waals surface area contributed by atoms with Crippen molar-refractivity contribution in [1.82, 2.24) is 0 Å². The first kappa shape index (κ1) is 15.8. The number of nitrogens with zero attached hydrogens (tertiary/aromatic N) is 1. The lowest BCUT2D eigenvalue weighted by molar-refractivity contribution is 0.00620. The highest BCUT2D eigenvalue weighted by atomic mass is 19.2. The lowest BCUT2D eigenvalue weighted by atomic mass is 9.96. The van der Waals surface area contributed by atoms with E-state index in [-0.39, 0.29) is 12.5 Å². The lowest BCUT2D eigenvalue weighted by Gasteiger charge is -2.36. The van der Waals surface area contributed by atoms with Crippen molar-refractivity contribution in [3.63, 3.8) is 0 Å². The van der Waals surface area contributed by atoms with E-state index in [4.69, 9.17) is 4.74 Å². The average Bonchev–Trinajstić information content (AvgIpc) is 2.89. The molecule has 3 rings (SSSR count). The SMILES string of the molecule is Cc1ccc(N(F)CC2(Nc3ccccc3)OCCC2C)cc1. The third-order valence-electron chi connectivity index (χ3n) is 4.52. The van der Waals surface area contributed by atoms with Crippen LogP contribution in [0.3, 0.4) is 0 Å². The number of nitrogens with one attached hydrogen (secondary N) is 1. The van der Waals surface area contributed by atoms with Gasteiger partial charge in [0.05, 0.1) is 18.8 Å². The van der Waals surface area contributed by atoms with E-state index in [1.807, 2.05) is 49.4 Å². The lowest BCUT2D eigenvalue weighted by Crippen LogP contribution is -2.50. The Hall–Kier alpha value is -2.07. The molecule has 122 valence electrons. The van der Waals surface area contributed by atoms with Crippen LogP contribution in [0, 0.1) is 12.8 Å². The predicted molar refractivity (Wildman–Crippen MR) is 92.2 cm³/mol. The van der Waals surface area contributed by atoms with Crippen LogP contribution >= 0.6 is 0 Å². The normalized spacial score (nSPS) is 23.7. The van der Waals surface area contributed by atoms with Gasteiger partial charge in [-0.25, -0.2) is 5.12 Å². The van der Waals surface area contributed by atoms with E-state index < -0.39 is 5.72 Å². The summed E-state index contributed by atoms with van der Waals surface area (Å²) in [5.74, 6) is 0.214. The Labute approximate surface area is 137 Å². The number of anilines is 2. The first-order chi connectivity index (χ1) is 11.1. The fourth-order valence-corrected chi connectivity index (χ4v) is 2.96. The number of benzene rings is 2. The minimum absolute atomic E-state index is 0.145. The van der Waals surface area contributed by atoms with Crippen LogP contribution in [0.15, 0.2) is 54.6 Å². The first-order valence-electron chi connectivity index (χ1n) is 8.06. The Kier molecular flexibility index (Phi) is 4.53. The maximum atomic E-state index is 14.8. The summed E-state index contributed by atoms with van der Waals surface area (Å²) in [6, 6.07) is 17.3. The van der Waals surface area contributed by atoms with Crippen LogP contribution in [-0.4, -0.2) is 18.9 Å². The summed E-state index contributed by atoms with van der Waals surface area (Å²) in [6.07, 6.45) is 0.918. The predicted octanol–water partition coefficient (Wildman–Crippen LogP) is 4.55. The van der Waals surface area contributed by atoms with Gasteiger partial charge in [-0.05, 0) is 37.6 Å². The molecule has 0 amide bonds. The summed E-state index contributed by atoms with van der Waals surface area (Å²) in [5.41, 5.74) is 1.89. The van der Waals surface area contributed by atoms with Gasteiger partial charge < -0.3 is 10.1 Å². The van der Waals surface area contributed by atoms with Gasteiger partial charge in [-0.1, -0.05) is 47.3 Å². The van der Waals surface area contributed by atoms with Crippen molar-refractivity contribution in [1.29, 1.82) is 0 Å². The molecular weight excluding hydrogens is 291 g/mol. The Morgan fingerprint density at radius 2 is 1.87 bits per heavy atom. The molecule has 3 nitrogen and oxygen atoms in total. The molecule has 2 aromatic carbocycles. The third kappa shape index (κ3) is 3.48. The molecule has 1 heterocycles. The van der Waals surface area contributed by atoms with Crippen LogP contribution in [0.2, 0.25) is 0 Å². The largest absolute Gasteiger partial charge is 0.356 e. The zero-order valence-electron chi connectivity index (χ0n) is 13.6. The minimum atomic E-state index is -0.721. The fraction of sp³-hybridized carbons (Fsp3) is 0.368. The number of ether oxygens (including phenoxy) is 1. The van der Waals surface area contributed by atoms with Gasteiger partial charge in [-0.3, -0.25) is 0 Å². The summed E-state index contributed by atoms with van der Waals surface area (Å²) >= 11 is 0. The van der Waals surface area contributed by atoms with Gasteiger partial charge in [0.15, 0.2) is 5.72 Å². The Bertz CT molecular complexity index is 632. The molecule has 2 unspecified atom stereocenters. The van der Waals surface area contributed by atoms with Crippen molar-refractivity contribution in [2.24, 2.45) is 5.92 Å². The highest BCUT2D eigenvalue weighted by Crippen LogP contribution is 2.35. The van der Waals surface area contributed by atoms with Crippen LogP contribution in [-0.2, 0) is 4.74 Å². The maximum Gasteiger partial charge on any atom is 0.161 e. The molecule has 0 aromatic heterocycles. The second kappa shape index (κ2) is 6.59. The van der Waals surface area contributed by atoms with Crippen molar-refractivity contribution >= 4 is 11.4 Å². The molecule has 0 radical (unpaired) electrons. The Balaban J connectivity index is 1.80. The summed E-state index contributed by atoms with van der Waals surface area (Å²) in [6.45, 7) is 4.88. The second-order valence-corrected chi connectivity index (χ2v) is 6.27. The van der Waals surface area contributed by atoms with E-state index in [1.54, 1.807) is 12.1 Å². The molecule has 1 fully saturated rings. The monoisotopic (exact) mass is 314 g/mol. The van der Waals surface area contributed by atoms with E-state index in [9.17, 15) is 4.48 Å². The van der Waals surface area contributed by atoms with E-state index >= 15 is 0 Å². The minimum Gasteiger partial charge on any atom is -0.356 e. The zero-order chi connectivity index (χ0) is 16.3. The number of rotatable bonds is 5. The smallest absolute Gasteiger partial charge is 0.161 e. The van der Waals surface area contributed by atoms with Gasteiger partial charge >= 0.3 is 0 Å². The molecule has 0 spiro atoms. The van der Waals surface area contributed by atoms with E-state index in [0.717, 1.165) is 22.8 Å². The van der Waals surface area contributed by atoms with Gasteiger partial charge in [0.1, 0.15) is 0 Å². The highest BCUT2D eigenvalue weighted by molar-refractivity contribution is 5.48. The van der Waals surface area contributed by atoms with Crippen molar-refractivity contribution in [3.8, 4) is 0 Å². The van der Waals surface area contributed by atoms with Crippen LogP contribution in [0.1, 0.15) is 18.9 Å². The summed E-state index contributed by atoms with van der Waals surface area (Å²) in [4.78, 5) is 0. The van der Waals surface area contributed by atoms with Crippen LogP contribution < -0.4 is 10.4 Å². The molecule has 1 aliphatic rings. The van der Waals surface area contributed by atoms with Crippen LogP contribution in [0.25, 0.3) is 0 Å². The Morgan fingerprint density at radius 3 is 2.48 bits per heavy atom. The molecule has 1 saturated heterocycles. The van der Waals surface area contributed by atoms with E-state index in [0.29, 0.717) is 12.3 Å². The second-order valence-electron chi connectivity index (χ2n) is 6.27. The molecule has 1 N–H and O–H groups in total. The molecule has 2 aromatic rings. The van der Waals surface area contributed by atoms with Gasteiger partial charge in [0, 0.05) is 11.6 Å². The molecule has 0 bridgehead atoms. The molecule has 1 aliphatic heterocycles. The first-order valence-corrected chi connectivity index (χ1v) is 8.06. The standard InChI is InChI=1S/C19H23FN2O/c1-15-8-10-18(11-9-15)22(20)14-19(16(2)12-13-23-19)21-17-6-4-3-5-7-17/h3-11,16,21H,12-14H2,1-2H3. The van der Waals surface area contributed by atoms with E-state index in [2.05, 4.69) is 12.2 Å². The van der Waals surface area contributed by atoms with Crippen molar-refractivity contribution in [2.45, 2.75) is 26.0 Å². The summed E-state index contributed by atoms with van der Waals surface area (Å²) in [5, 5.41) is 4.19. The quantitative estimate of drug-likeness (QED) is 0.819. The topological polar surface area (TPSA) is 24.5 Å². The Morgan fingerprint density at radius 1 is 1.17 bits per heavy atom. The molecular formula is C19H23FN2O. The molecule has 23 heavy (non-hydrogen) atoms. The number of hydrogen-bond acceptors (Lipinski definition) is 3. The van der Waals surface area contributed by atoms with Gasteiger partial charge in [0.2, 0.25) is 0 Å². The number of para-hydroxylation sites is 1. The number of halogens is 1. The molecule has 0 aliphatic carbocycles. The molecule has 2 atom stereocenters. The van der Waals surface area contributed by atoms with Crippen LogP contribution in [0.4, 0.5) is 15.9 Å². The fourth-order valence-electron chi connectivity index (χ4n) is 2.96. The van der Waals surface area contributed by atoms with Crippen molar-refractivity contribution < 1.29 is 9.22 Å². The number of aryl methyl sites for hydroxylation is 1. The molecule has 0 saturated carbocycles. The van der Waals surface area contributed by atoms with Gasteiger partial charge in [-0.15, -0.1) is 0 Å². The number of hydrogen-bond donors (Lipinski definition) is 1. The summed E-state index contributed by atoms with van der Waals surface area (Å²) < 4.78 is 20.7. The van der Waals surface area contributed by atoms with Crippen molar-refractivity contribution in [2.75, 3.05) is 23.6 Å². The summed E-state index contributed by atoms with van der Waals surface area (Å²) in [7, 11) is 0. The third-order valence-corrected chi connectivity index (χ3v) is 4.52. The van der Waals surface area contributed by atoms with Crippen molar-refractivity contribution in [3.05, 3.63) is 60.2 Å². The van der Waals surface area contributed by atoms with Gasteiger partial charge in [-0.2, -0.15) is 0 Å². The average molecular weight is 314 g/mol.